The number of thioether (sulfide) groups is 1. The summed E-state index contributed by atoms with van der Waals surface area (Å²) in [4.78, 5) is 32.0. The molecule has 0 fully saturated rings. The number of aromatic nitrogens is 4. The van der Waals surface area contributed by atoms with Gasteiger partial charge < -0.3 is 0 Å². The Labute approximate surface area is 168 Å². The van der Waals surface area contributed by atoms with Crippen molar-refractivity contribution in [3.63, 3.8) is 0 Å². The normalized spacial score (nSPS) is 13.3. The van der Waals surface area contributed by atoms with Crippen molar-refractivity contribution in [3.8, 4) is 0 Å². The number of aryl methyl sites for hydroxylation is 3. The second-order valence-corrected chi connectivity index (χ2v) is 9.26. The van der Waals surface area contributed by atoms with E-state index in [1.165, 1.54) is 33.5 Å². The lowest BCUT2D eigenvalue weighted by atomic mass is 10.2. The van der Waals surface area contributed by atoms with E-state index >= 15 is 0 Å². The van der Waals surface area contributed by atoms with Gasteiger partial charge in [-0.2, -0.15) is 0 Å². The maximum Gasteiger partial charge on any atom is 0.263 e. The standard InChI is InChI=1S/C17H19N5O2S3/c1-3-12-20-21-16(27-12)18-11(23)8-25-17-19-14-13(15(24)22(17)4-2)9-6-5-7-10(9)26-14/h3-8H2,1-2H3,(H,18,21,23). The van der Waals surface area contributed by atoms with Crippen LogP contribution in [0.15, 0.2) is 9.95 Å². The van der Waals surface area contributed by atoms with Crippen molar-refractivity contribution in [2.45, 2.75) is 51.2 Å². The highest BCUT2D eigenvalue weighted by Crippen LogP contribution is 2.35. The number of hydrogen-bond donors (Lipinski definition) is 1. The first-order valence-electron chi connectivity index (χ1n) is 8.90. The van der Waals surface area contributed by atoms with Crippen molar-refractivity contribution in [2.75, 3.05) is 11.1 Å². The average Bonchev–Trinajstić information content (AvgIpc) is 3.35. The molecule has 1 N–H and O–H groups in total. The van der Waals surface area contributed by atoms with Gasteiger partial charge in [0.25, 0.3) is 5.56 Å². The molecule has 1 amide bonds. The Bertz CT molecular complexity index is 1070. The SMILES string of the molecule is CCc1nnc(NC(=O)CSc2nc3sc4c(c3c(=O)n2CC)CCC4)s1. The Balaban J connectivity index is 1.54. The van der Waals surface area contributed by atoms with Gasteiger partial charge in [0.15, 0.2) is 5.16 Å². The van der Waals surface area contributed by atoms with Crippen molar-refractivity contribution in [2.24, 2.45) is 0 Å². The Hall–Kier alpha value is -1.78. The third-order valence-electron chi connectivity index (χ3n) is 4.45. The zero-order valence-corrected chi connectivity index (χ0v) is 17.5. The predicted molar refractivity (Wildman–Crippen MR) is 110 cm³/mol. The molecule has 0 saturated heterocycles. The summed E-state index contributed by atoms with van der Waals surface area (Å²) in [5.41, 5.74) is 1.20. The molecule has 3 heterocycles. The molecule has 0 spiro atoms. The molecule has 27 heavy (non-hydrogen) atoms. The second kappa shape index (κ2) is 7.69. The van der Waals surface area contributed by atoms with Gasteiger partial charge in [-0.05, 0) is 38.2 Å². The Morgan fingerprint density at radius 1 is 1.26 bits per heavy atom. The highest BCUT2D eigenvalue weighted by molar-refractivity contribution is 7.99. The first-order valence-corrected chi connectivity index (χ1v) is 11.5. The molecule has 142 valence electrons. The van der Waals surface area contributed by atoms with Gasteiger partial charge in [0.1, 0.15) is 9.84 Å². The van der Waals surface area contributed by atoms with Crippen molar-refractivity contribution >= 4 is 55.7 Å². The summed E-state index contributed by atoms with van der Waals surface area (Å²) in [6.07, 6.45) is 3.91. The minimum Gasteiger partial charge on any atom is -0.300 e. The maximum atomic E-state index is 13.0. The summed E-state index contributed by atoms with van der Waals surface area (Å²) in [7, 11) is 0. The molecule has 10 heteroatoms. The number of anilines is 1. The van der Waals surface area contributed by atoms with E-state index in [1.807, 2.05) is 13.8 Å². The van der Waals surface area contributed by atoms with Gasteiger partial charge in [-0.15, -0.1) is 21.5 Å². The molecule has 3 aromatic rings. The molecular formula is C17H19N5O2S3. The number of thiophene rings is 1. The Kier molecular flexibility index (Phi) is 5.29. The molecule has 1 aliphatic rings. The molecule has 0 atom stereocenters. The monoisotopic (exact) mass is 421 g/mol. The molecule has 0 bridgehead atoms. The van der Waals surface area contributed by atoms with Crippen molar-refractivity contribution in [1.82, 2.24) is 19.7 Å². The Morgan fingerprint density at radius 2 is 2.11 bits per heavy atom. The van der Waals surface area contributed by atoms with Crippen LogP contribution in [0.5, 0.6) is 0 Å². The molecule has 0 radical (unpaired) electrons. The fourth-order valence-corrected chi connectivity index (χ4v) is 6.04. The number of carbonyl (C=O) groups excluding carboxylic acids is 1. The molecule has 7 nitrogen and oxygen atoms in total. The summed E-state index contributed by atoms with van der Waals surface area (Å²) < 4.78 is 1.67. The highest BCUT2D eigenvalue weighted by Gasteiger charge is 2.23. The molecule has 0 aromatic carbocycles. The lowest BCUT2D eigenvalue weighted by Crippen LogP contribution is -2.23. The van der Waals surface area contributed by atoms with Crippen LogP contribution in [-0.4, -0.2) is 31.4 Å². The summed E-state index contributed by atoms with van der Waals surface area (Å²) in [6, 6.07) is 0. The number of amides is 1. The zero-order valence-electron chi connectivity index (χ0n) is 15.1. The zero-order chi connectivity index (χ0) is 19.0. The van der Waals surface area contributed by atoms with Crippen LogP contribution in [0.3, 0.4) is 0 Å². The van der Waals surface area contributed by atoms with Crippen LogP contribution in [0.25, 0.3) is 10.2 Å². The van der Waals surface area contributed by atoms with Crippen LogP contribution < -0.4 is 10.9 Å². The van der Waals surface area contributed by atoms with E-state index in [1.54, 1.807) is 15.9 Å². The van der Waals surface area contributed by atoms with E-state index in [4.69, 9.17) is 4.98 Å². The van der Waals surface area contributed by atoms with Gasteiger partial charge in [0, 0.05) is 11.4 Å². The van der Waals surface area contributed by atoms with E-state index in [0.717, 1.165) is 40.9 Å². The van der Waals surface area contributed by atoms with Gasteiger partial charge in [-0.3, -0.25) is 19.5 Å². The van der Waals surface area contributed by atoms with Crippen LogP contribution in [0.1, 0.15) is 35.7 Å². The van der Waals surface area contributed by atoms with E-state index in [0.29, 0.717) is 16.8 Å². The average molecular weight is 422 g/mol. The highest BCUT2D eigenvalue weighted by atomic mass is 32.2. The van der Waals surface area contributed by atoms with E-state index in [9.17, 15) is 9.59 Å². The van der Waals surface area contributed by atoms with Crippen LogP contribution in [0, 0.1) is 0 Å². The predicted octanol–water partition coefficient (Wildman–Crippen LogP) is 3.11. The van der Waals surface area contributed by atoms with E-state index in [-0.39, 0.29) is 17.2 Å². The van der Waals surface area contributed by atoms with Gasteiger partial charge in [-0.1, -0.05) is 30.0 Å². The number of rotatable bonds is 6. The van der Waals surface area contributed by atoms with Crippen molar-refractivity contribution < 1.29 is 4.79 Å². The van der Waals surface area contributed by atoms with Gasteiger partial charge in [0.2, 0.25) is 11.0 Å². The van der Waals surface area contributed by atoms with Crippen LogP contribution in [0.4, 0.5) is 5.13 Å². The number of carbonyl (C=O) groups is 1. The van der Waals surface area contributed by atoms with E-state index in [2.05, 4.69) is 15.5 Å². The molecule has 4 rings (SSSR count). The van der Waals surface area contributed by atoms with Gasteiger partial charge in [0.05, 0.1) is 11.1 Å². The van der Waals surface area contributed by atoms with Crippen LogP contribution >= 0.6 is 34.4 Å². The van der Waals surface area contributed by atoms with E-state index < -0.39 is 0 Å². The largest absolute Gasteiger partial charge is 0.300 e. The fraction of sp³-hybridized carbons (Fsp3) is 0.471. The smallest absolute Gasteiger partial charge is 0.263 e. The molecule has 0 aliphatic heterocycles. The third-order valence-corrected chi connectivity index (χ3v) is 7.60. The van der Waals surface area contributed by atoms with Crippen molar-refractivity contribution in [1.29, 1.82) is 0 Å². The summed E-state index contributed by atoms with van der Waals surface area (Å²) in [5.74, 6) is -0.00570. The van der Waals surface area contributed by atoms with Crippen molar-refractivity contribution in [3.05, 3.63) is 25.8 Å². The number of nitrogens with zero attached hydrogens (tertiary/aromatic N) is 4. The first-order chi connectivity index (χ1) is 13.1. The lowest BCUT2D eigenvalue weighted by Gasteiger charge is -2.10. The summed E-state index contributed by atoms with van der Waals surface area (Å²) in [6.45, 7) is 4.46. The minimum absolute atomic E-state index is 0.0153. The molecular weight excluding hydrogens is 402 g/mol. The molecule has 3 aromatic heterocycles. The molecule has 0 unspecified atom stereocenters. The maximum absolute atomic E-state index is 13.0. The summed E-state index contributed by atoms with van der Waals surface area (Å²) in [5, 5.41) is 13.5. The van der Waals surface area contributed by atoms with Gasteiger partial charge >= 0.3 is 0 Å². The Morgan fingerprint density at radius 3 is 2.85 bits per heavy atom. The molecule has 0 saturated carbocycles. The van der Waals surface area contributed by atoms with Crippen LogP contribution in [0.2, 0.25) is 0 Å². The number of fused-ring (bicyclic) bond motifs is 3. The minimum atomic E-state index is -0.176. The lowest BCUT2D eigenvalue weighted by molar-refractivity contribution is -0.113. The topological polar surface area (TPSA) is 89.8 Å². The summed E-state index contributed by atoms with van der Waals surface area (Å²) >= 11 is 4.28. The third kappa shape index (κ3) is 3.53. The number of nitrogens with one attached hydrogen (secondary N) is 1. The van der Waals surface area contributed by atoms with Crippen LogP contribution in [-0.2, 0) is 30.6 Å². The first kappa shape index (κ1) is 18.6. The van der Waals surface area contributed by atoms with Gasteiger partial charge in [-0.25, -0.2) is 4.98 Å². The quantitative estimate of drug-likeness (QED) is 0.486. The number of hydrogen-bond acceptors (Lipinski definition) is 8. The second-order valence-electron chi connectivity index (χ2n) is 6.17. The molecule has 1 aliphatic carbocycles. The fourth-order valence-electron chi connectivity index (χ4n) is 3.18.